The van der Waals surface area contributed by atoms with Crippen LogP contribution in [0.1, 0.15) is 45.2 Å². The molecule has 0 aliphatic carbocycles. The van der Waals surface area contributed by atoms with Gasteiger partial charge in [0.15, 0.2) is 6.04 Å². The number of hydrogen-bond donors (Lipinski definition) is 2. The number of piperidine rings is 3. The minimum atomic E-state index is -1.14. The van der Waals surface area contributed by atoms with Crippen LogP contribution in [-0.2, 0) is 9.53 Å². The summed E-state index contributed by atoms with van der Waals surface area (Å²) >= 11 is 0. The van der Waals surface area contributed by atoms with Gasteiger partial charge in [0.25, 0.3) is 5.91 Å². The number of methoxy groups -OCH3 is 1. The van der Waals surface area contributed by atoms with Crippen molar-refractivity contribution >= 4 is 17.8 Å². The Kier molecular flexibility index (Phi) is 6.41. The van der Waals surface area contributed by atoms with E-state index in [-0.39, 0.29) is 17.2 Å². The molecule has 2 aromatic carbocycles. The van der Waals surface area contributed by atoms with Crippen LogP contribution >= 0.6 is 0 Å². The Hall–Kier alpha value is -3.39. The van der Waals surface area contributed by atoms with Gasteiger partial charge in [0.1, 0.15) is 11.9 Å². The third kappa shape index (κ3) is 4.60. The second kappa shape index (κ2) is 9.40. The molecule has 168 valence electrons. The van der Waals surface area contributed by atoms with Gasteiger partial charge in [-0.25, -0.2) is 9.59 Å². The van der Waals surface area contributed by atoms with Crippen molar-refractivity contribution in [1.29, 1.82) is 0 Å². The van der Waals surface area contributed by atoms with Crippen molar-refractivity contribution in [3.63, 3.8) is 0 Å². The number of nitrogens with one attached hydrogen (secondary N) is 1. The van der Waals surface area contributed by atoms with Crippen molar-refractivity contribution in [3.8, 4) is 5.75 Å². The van der Waals surface area contributed by atoms with Crippen LogP contribution in [-0.4, -0.2) is 60.7 Å². The zero-order valence-electron chi connectivity index (χ0n) is 17.8. The summed E-state index contributed by atoms with van der Waals surface area (Å²) in [5.41, 5.74) is 0.603. The van der Waals surface area contributed by atoms with E-state index in [1.165, 1.54) is 31.4 Å². The monoisotopic (exact) mass is 438 g/mol. The first kappa shape index (κ1) is 21.8. The van der Waals surface area contributed by atoms with Crippen LogP contribution in [0.25, 0.3) is 0 Å². The van der Waals surface area contributed by atoms with E-state index in [1.807, 2.05) is 0 Å². The average Bonchev–Trinajstić information content (AvgIpc) is 2.83. The van der Waals surface area contributed by atoms with Gasteiger partial charge in [0, 0.05) is 17.7 Å². The number of nitrogens with zero attached hydrogens (tertiary/aromatic N) is 1. The molecule has 3 saturated heterocycles. The lowest BCUT2D eigenvalue weighted by Crippen LogP contribution is -2.52. The van der Waals surface area contributed by atoms with Crippen molar-refractivity contribution in [2.75, 3.05) is 26.7 Å². The first-order chi connectivity index (χ1) is 15.5. The second-order valence-corrected chi connectivity index (χ2v) is 8.15. The lowest BCUT2D eigenvalue weighted by atomic mass is 9.86. The SMILES string of the molecule is COc1ccccc1C(NC(=O)c1cccc(C(=O)O)c1)C(=O)O[C@H]1CN2CCC1CC2. The number of carboxylic acid groups (broad SMARTS) is 1. The van der Waals surface area contributed by atoms with E-state index in [9.17, 15) is 19.5 Å². The Morgan fingerprint density at radius 2 is 1.78 bits per heavy atom. The molecule has 1 unspecified atom stereocenters. The van der Waals surface area contributed by atoms with Gasteiger partial charge in [0.2, 0.25) is 0 Å². The Morgan fingerprint density at radius 3 is 2.44 bits per heavy atom. The zero-order chi connectivity index (χ0) is 22.7. The molecule has 5 rings (SSSR count). The fourth-order valence-electron chi connectivity index (χ4n) is 4.44. The predicted octanol–water partition coefficient (Wildman–Crippen LogP) is 2.50. The lowest BCUT2D eigenvalue weighted by Gasteiger charge is -2.44. The third-order valence-corrected chi connectivity index (χ3v) is 6.20. The fourth-order valence-corrected chi connectivity index (χ4v) is 4.44. The summed E-state index contributed by atoms with van der Waals surface area (Å²) in [5, 5.41) is 11.9. The Labute approximate surface area is 186 Å². The van der Waals surface area contributed by atoms with Crippen molar-refractivity contribution in [2.24, 2.45) is 5.92 Å². The molecular weight excluding hydrogens is 412 g/mol. The predicted molar refractivity (Wildman–Crippen MR) is 116 cm³/mol. The number of carboxylic acids is 1. The number of amides is 1. The number of esters is 1. The highest BCUT2D eigenvalue weighted by atomic mass is 16.5. The maximum Gasteiger partial charge on any atom is 0.335 e. The van der Waals surface area contributed by atoms with Crippen LogP contribution in [0, 0.1) is 5.92 Å². The number of benzene rings is 2. The number of carbonyl (C=O) groups is 3. The summed E-state index contributed by atoms with van der Waals surface area (Å²) in [5.74, 6) is -1.50. The second-order valence-electron chi connectivity index (χ2n) is 8.15. The standard InChI is InChI=1S/C24H26N2O6/c1-31-19-8-3-2-7-18(19)21(24(30)32-20-14-26-11-9-15(20)10-12-26)25-22(27)16-5-4-6-17(13-16)23(28)29/h2-8,13,15,20-21H,9-12,14H2,1H3,(H,25,27)(H,28,29)/t20-,21?/m0/s1. The maximum atomic E-state index is 13.3. The molecular formula is C24H26N2O6. The highest BCUT2D eigenvalue weighted by Crippen LogP contribution is 2.32. The molecule has 1 amide bonds. The molecule has 3 aliphatic heterocycles. The highest BCUT2D eigenvalue weighted by molar-refractivity contribution is 5.99. The van der Waals surface area contributed by atoms with Gasteiger partial charge in [-0.15, -0.1) is 0 Å². The highest BCUT2D eigenvalue weighted by Gasteiger charge is 2.38. The molecule has 3 heterocycles. The Balaban J connectivity index is 1.59. The van der Waals surface area contributed by atoms with Crippen LogP contribution in [0.15, 0.2) is 48.5 Å². The minimum absolute atomic E-state index is 0.0126. The van der Waals surface area contributed by atoms with Crippen molar-refractivity contribution in [2.45, 2.75) is 25.0 Å². The first-order valence-corrected chi connectivity index (χ1v) is 10.7. The quantitative estimate of drug-likeness (QED) is 0.640. The molecule has 32 heavy (non-hydrogen) atoms. The van der Waals surface area contributed by atoms with E-state index >= 15 is 0 Å². The molecule has 2 N–H and O–H groups in total. The number of rotatable bonds is 7. The van der Waals surface area contributed by atoms with E-state index in [2.05, 4.69) is 10.2 Å². The number of para-hydroxylation sites is 1. The normalized spacial score (nSPS) is 22.6. The maximum absolute atomic E-state index is 13.3. The number of aromatic carboxylic acids is 1. The van der Waals surface area contributed by atoms with E-state index in [1.54, 1.807) is 24.3 Å². The number of hydrogen-bond acceptors (Lipinski definition) is 6. The van der Waals surface area contributed by atoms with Crippen molar-refractivity contribution in [3.05, 3.63) is 65.2 Å². The fraction of sp³-hybridized carbons (Fsp3) is 0.375. The van der Waals surface area contributed by atoms with Gasteiger partial charge < -0.3 is 19.9 Å². The van der Waals surface area contributed by atoms with Crippen LogP contribution in [0.5, 0.6) is 5.75 Å². The first-order valence-electron chi connectivity index (χ1n) is 10.7. The molecule has 3 fully saturated rings. The molecule has 0 aromatic heterocycles. The van der Waals surface area contributed by atoms with Gasteiger partial charge in [-0.1, -0.05) is 24.3 Å². The van der Waals surface area contributed by atoms with Crippen molar-refractivity contribution in [1.82, 2.24) is 10.2 Å². The summed E-state index contributed by atoms with van der Waals surface area (Å²) in [6, 6.07) is 11.5. The topological polar surface area (TPSA) is 105 Å². The summed E-state index contributed by atoms with van der Waals surface area (Å²) in [6.45, 7) is 2.74. The summed E-state index contributed by atoms with van der Waals surface area (Å²) in [6.07, 6.45) is 1.77. The molecule has 0 spiro atoms. The van der Waals surface area contributed by atoms with Gasteiger partial charge in [-0.2, -0.15) is 0 Å². The summed E-state index contributed by atoms with van der Waals surface area (Å²) in [4.78, 5) is 39.8. The van der Waals surface area contributed by atoms with Crippen LogP contribution in [0.3, 0.4) is 0 Å². The average molecular weight is 438 g/mol. The number of carbonyl (C=O) groups excluding carboxylic acids is 2. The Bertz CT molecular complexity index is 1020. The molecule has 0 radical (unpaired) electrons. The van der Waals surface area contributed by atoms with E-state index in [0.29, 0.717) is 23.8 Å². The van der Waals surface area contributed by atoms with Crippen LogP contribution in [0.4, 0.5) is 0 Å². The minimum Gasteiger partial charge on any atom is -0.496 e. The molecule has 3 aliphatic rings. The van der Waals surface area contributed by atoms with Gasteiger partial charge in [0.05, 0.1) is 12.7 Å². The van der Waals surface area contributed by atoms with Gasteiger partial charge >= 0.3 is 11.9 Å². The molecule has 2 aromatic rings. The van der Waals surface area contributed by atoms with E-state index in [4.69, 9.17) is 9.47 Å². The number of ether oxygens (including phenoxy) is 2. The van der Waals surface area contributed by atoms with Gasteiger partial charge in [-0.05, 0) is 56.1 Å². The molecule has 8 nitrogen and oxygen atoms in total. The lowest BCUT2D eigenvalue weighted by molar-refractivity contribution is -0.161. The number of fused-ring (bicyclic) bond motifs is 3. The van der Waals surface area contributed by atoms with Crippen LogP contribution in [0.2, 0.25) is 0 Å². The van der Waals surface area contributed by atoms with Crippen molar-refractivity contribution < 1.29 is 29.0 Å². The summed E-state index contributed by atoms with van der Waals surface area (Å²) in [7, 11) is 1.49. The molecule has 8 heteroatoms. The molecule has 2 atom stereocenters. The zero-order valence-corrected chi connectivity index (χ0v) is 17.8. The summed E-state index contributed by atoms with van der Waals surface area (Å²) < 4.78 is 11.3. The third-order valence-electron chi connectivity index (χ3n) is 6.20. The van der Waals surface area contributed by atoms with Gasteiger partial charge in [-0.3, -0.25) is 9.69 Å². The molecule has 2 bridgehead atoms. The largest absolute Gasteiger partial charge is 0.496 e. The molecule has 0 saturated carbocycles. The van der Waals surface area contributed by atoms with E-state index < -0.39 is 23.9 Å². The van der Waals surface area contributed by atoms with E-state index in [0.717, 1.165) is 25.9 Å². The smallest absolute Gasteiger partial charge is 0.335 e. The Morgan fingerprint density at radius 1 is 1.06 bits per heavy atom. The van der Waals surface area contributed by atoms with Crippen LogP contribution < -0.4 is 10.1 Å².